The van der Waals surface area contributed by atoms with E-state index in [1.165, 1.54) is 18.2 Å². The Balaban J connectivity index is 1.67. The second-order valence-corrected chi connectivity index (χ2v) is 6.11. The molecule has 0 bridgehead atoms. The molecule has 6 nitrogen and oxygen atoms in total. The third kappa shape index (κ3) is 4.36. The van der Waals surface area contributed by atoms with E-state index in [2.05, 4.69) is 10.5 Å². The van der Waals surface area contributed by atoms with E-state index in [1.54, 1.807) is 13.8 Å². The number of carbonyl (C=O) groups is 1. The molecule has 0 aliphatic carbocycles. The van der Waals surface area contributed by atoms with Crippen molar-refractivity contribution in [1.29, 1.82) is 0 Å². The van der Waals surface area contributed by atoms with Crippen LogP contribution in [0, 0.1) is 19.7 Å². The van der Waals surface area contributed by atoms with Gasteiger partial charge in [0, 0.05) is 18.2 Å². The molecule has 0 unspecified atom stereocenters. The number of aromatic nitrogens is 1. The summed E-state index contributed by atoms with van der Waals surface area (Å²) in [6.45, 7) is 4.63. The van der Waals surface area contributed by atoms with E-state index in [0.29, 0.717) is 29.5 Å². The van der Waals surface area contributed by atoms with E-state index in [-0.39, 0.29) is 18.4 Å². The Bertz CT molecular complexity index is 734. The molecule has 1 amide bonds. The van der Waals surface area contributed by atoms with Crippen LogP contribution in [0.4, 0.5) is 10.1 Å². The van der Waals surface area contributed by atoms with Gasteiger partial charge < -0.3 is 19.3 Å². The van der Waals surface area contributed by atoms with Gasteiger partial charge in [-0.15, -0.1) is 0 Å². The van der Waals surface area contributed by atoms with E-state index < -0.39 is 5.82 Å². The lowest BCUT2D eigenvalue weighted by molar-refractivity contribution is -0.115. The maximum Gasteiger partial charge on any atom is 0.229 e. The predicted octanol–water partition coefficient (Wildman–Crippen LogP) is 3.17. The number of nitrogens with one attached hydrogen (secondary N) is 1. The summed E-state index contributed by atoms with van der Waals surface area (Å²) in [5.74, 6) is 0.282. The SMILES string of the molecule is Cc1noc(C)c1CC(=O)Nc1cc(F)ccc1OC[C@@H]1CCCO1. The minimum atomic E-state index is -0.447. The lowest BCUT2D eigenvalue weighted by Crippen LogP contribution is -2.19. The number of amides is 1. The molecule has 1 aromatic carbocycles. The van der Waals surface area contributed by atoms with Gasteiger partial charge in [-0.05, 0) is 38.8 Å². The number of aryl methyl sites for hydroxylation is 2. The van der Waals surface area contributed by atoms with Crippen molar-refractivity contribution < 1.29 is 23.2 Å². The van der Waals surface area contributed by atoms with Crippen molar-refractivity contribution in [3.05, 3.63) is 41.0 Å². The number of rotatable bonds is 6. The number of ether oxygens (including phenoxy) is 2. The first-order valence-corrected chi connectivity index (χ1v) is 8.28. The molecule has 3 rings (SSSR count). The van der Waals surface area contributed by atoms with E-state index in [0.717, 1.165) is 25.0 Å². The summed E-state index contributed by atoms with van der Waals surface area (Å²) in [4.78, 5) is 12.3. The standard InChI is InChI=1S/C18H21FN2O4/c1-11-15(12(2)25-21-11)9-18(22)20-16-8-13(19)5-6-17(16)24-10-14-4-3-7-23-14/h5-6,8,14H,3-4,7,9-10H2,1-2H3,(H,20,22)/t14-/m0/s1. The van der Waals surface area contributed by atoms with Crippen LogP contribution in [0.5, 0.6) is 5.75 Å². The summed E-state index contributed by atoms with van der Waals surface area (Å²) in [6, 6.07) is 4.06. The number of halogens is 1. The predicted molar refractivity (Wildman–Crippen MR) is 89.2 cm³/mol. The van der Waals surface area contributed by atoms with Crippen LogP contribution in [-0.4, -0.2) is 30.4 Å². The van der Waals surface area contributed by atoms with Crippen molar-refractivity contribution in [2.45, 2.75) is 39.2 Å². The Labute approximate surface area is 145 Å². The molecule has 2 heterocycles. The van der Waals surface area contributed by atoms with Gasteiger partial charge in [-0.25, -0.2) is 4.39 Å². The van der Waals surface area contributed by atoms with Crippen LogP contribution < -0.4 is 10.1 Å². The minimum Gasteiger partial charge on any atom is -0.489 e. The molecule has 134 valence electrons. The van der Waals surface area contributed by atoms with Gasteiger partial charge in [0.15, 0.2) is 0 Å². The highest BCUT2D eigenvalue weighted by Crippen LogP contribution is 2.27. The van der Waals surface area contributed by atoms with Gasteiger partial charge in [-0.1, -0.05) is 5.16 Å². The first-order valence-electron chi connectivity index (χ1n) is 8.28. The van der Waals surface area contributed by atoms with Gasteiger partial charge in [0.1, 0.15) is 23.9 Å². The summed E-state index contributed by atoms with van der Waals surface area (Å²) in [5.41, 5.74) is 1.70. The molecule has 0 radical (unpaired) electrons. The molecule has 0 saturated carbocycles. The number of benzene rings is 1. The zero-order valence-corrected chi connectivity index (χ0v) is 14.3. The van der Waals surface area contributed by atoms with Crippen LogP contribution in [0.2, 0.25) is 0 Å². The average Bonchev–Trinajstić information content (AvgIpc) is 3.19. The van der Waals surface area contributed by atoms with Gasteiger partial charge in [0.25, 0.3) is 0 Å². The number of nitrogens with zero attached hydrogens (tertiary/aromatic N) is 1. The maximum absolute atomic E-state index is 13.6. The van der Waals surface area contributed by atoms with Crippen LogP contribution in [0.1, 0.15) is 29.9 Å². The smallest absolute Gasteiger partial charge is 0.229 e. The molecule has 1 aromatic heterocycles. The van der Waals surface area contributed by atoms with Crippen LogP contribution in [0.3, 0.4) is 0 Å². The average molecular weight is 348 g/mol. The molecule has 0 spiro atoms. The molecule has 1 aliphatic rings. The highest BCUT2D eigenvalue weighted by atomic mass is 19.1. The first kappa shape index (κ1) is 17.4. The number of carbonyl (C=O) groups excluding carboxylic acids is 1. The van der Waals surface area contributed by atoms with E-state index in [9.17, 15) is 9.18 Å². The topological polar surface area (TPSA) is 73.6 Å². The quantitative estimate of drug-likeness (QED) is 0.868. The van der Waals surface area contributed by atoms with E-state index in [1.807, 2.05) is 0 Å². The largest absolute Gasteiger partial charge is 0.489 e. The van der Waals surface area contributed by atoms with Crippen LogP contribution >= 0.6 is 0 Å². The van der Waals surface area contributed by atoms with Crippen LogP contribution in [0.25, 0.3) is 0 Å². The van der Waals surface area contributed by atoms with E-state index in [4.69, 9.17) is 14.0 Å². The molecule has 1 N–H and O–H groups in total. The van der Waals surface area contributed by atoms with Gasteiger partial charge in [0.05, 0.1) is 23.9 Å². The fraction of sp³-hybridized carbons (Fsp3) is 0.444. The second kappa shape index (κ2) is 7.65. The van der Waals surface area contributed by atoms with Crippen molar-refractivity contribution in [1.82, 2.24) is 5.16 Å². The normalized spacial score (nSPS) is 16.8. The van der Waals surface area contributed by atoms with Crippen molar-refractivity contribution in [2.75, 3.05) is 18.5 Å². The Morgan fingerprint density at radius 1 is 1.44 bits per heavy atom. The zero-order valence-electron chi connectivity index (χ0n) is 14.3. The lowest BCUT2D eigenvalue weighted by atomic mass is 10.1. The van der Waals surface area contributed by atoms with Gasteiger partial charge in [0.2, 0.25) is 5.91 Å². The monoisotopic (exact) mass is 348 g/mol. The Morgan fingerprint density at radius 3 is 2.96 bits per heavy atom. The van der Waals surface area contributed by atoms with Crippen molar-refractivity contribution in [3.8, 4) is 5.75 Å². The summed E-state index contributed by atoms with van der Waals surface area (Å²) in [7, 11) is 0. The minimum absolute atomic E-state index is 0.0379. The van der Waals surface area contributed by atoms with Crippen molar-refractivity contribution in [2.24, 2.45) is 0 Å². The fourth-order valence-corrected chi connectivity index (χ4v) is 2.79. The summed E-state index contributed by atoms with van der Waals surface area (Å²) in [6.07, 6.45) is 2.09. The molecule has 1 fully saturated rings. The molecule has 25 heavy (non-hydrogen) atoms. The van der Waals surface area contributed by atoms with Crippen LogP contribution in [0.15, 0.2) is 22.7 Å². The summed E-state index contributed by atoms with van der Waals surface area (Å²) < 4.78 is 29.9. The summed E-state index contributed by atoms with van der Waals surface area (Å²) in [5, 5.41) is 6.53. The third-order valence-corrected chi connectivity index (χ3v) is 4.18. The maximum atomic E-state index is 13.6. The summed E-state index contributed by atoms with van der Waals surface area (Å²) >= 11 is 0. The molecular formula is C18H21FN2O4. The Kier molecular flexibility index (Phi) is 5.33. The number of hydrogen-bond acceptors (Lipinski definition) is 5. The molecular weight excluding hydrogens is 327 g/mol. The zero-order chi connectivity index (χ0) is 17.8. The molecule has 1 aliphatic heterocycles. The number of hydrogen-bond donors (Lipinski definition) is 1. The van der Waals surface area contributed by atoms with Crippen molar-refractivity contribution in [3.63, 3.8) is 0 Å². The molecule has 1 atom stereocenters. The molecule has 7 heteroatoms. The fourth-order valence-electron chi connectivity index (χ4n) is 2.79. The Hall–Kier alpha value is -2.41. The second-order valence-electron chi connectivity index (χ2n) is 6.11. The van der Waals surface area contributed by atoms with Crippen LogP contribution in [-0.2, 0) is 16.0 Å². The number of anilines is 1. The Morgan fingerprint density at radius 2 is 2.28 bits per heavy atom. The highest BCUT2D eigenvalue weighted by molar-refractivity contribution is 5.93. The van der Waals surface area contributed by atoms with Gasteiger partial charge in [-0.2, -0.15) is 0 Å². The van der Waals surface area contributed by atoms with Gasteiger partial charge >= 0.3 is 0 Å². The first-order chi connectivity index (χ1) is 12.0. The molecule has 2 aromatic rings. The third-order valence-electron chi connectivity index (χ3n) is 4.18. The van der Waals surface area contributed by atoms with E-state index >= 15 is 0 Å². The molecule has 1 saturated heterocycles. The lowest BCUT2D eigenvalue weighted by Gasteiger charge is -2.15. The van der Waals surface area contributed by atoms with Gasteiger partial charge in [-0.3, -0.25) is 4.79 Å². The van der Waals surface area contributed by atoms with Crippen molar-refractivity contribution >= 4 is 11.6 Å². The highest BCUT2D eigenvalue weighted by Gasteiger charge is 2.18.